The van der Waals surface area contributed by atoms with E-state index < -0.39 is 77.1 Å². The van der Waals surface area contributed by atoms with Gasteiger partial charge in [0.15, 0.2) is 0 Å². The van der Waals surface area contributed by atoms with Crippen molar-refractivity contribution >= 4 is 16.4 Å². The van der Waals surface area contributed by atoms with Gasteiger partial charge in [-0.3, -0.25) is 4.18 Å². The standard InChI is InChI=1S/C23H14F17NO5S/c24-16(25,17(26,27)18(28,29)19(30,31)20(32,33)21(34,35)22(36,37)23(38,39)40)10-11-45-47(43,44)41-15(42)46-14-8-6-13(7-9-14)12-4-2-1-3-5-12/h1-9H,10-11H2,(H,41,42). The van der Waals surface area contributed by atoms with E-state index in [1.165, 1.54) is 12.1 Å². The molecule has 0 saturated heterocycles. The van der Waals surface area contributed by atoms with Gasteiger partial charge in [-0.1, -0.05) is 42.5 Å². The molecule has 1 N–H and O–H groups in total. The Bertz CT molecular complexity index is 1510. The summed E-state index contributed by atoms with van der Waals surface area (Å²) in [5.41, 5.74) is 1.24. The Kier molecular flexibility index (Phi) is 10.5. The number of carbonyl (C=O) groups excluding carboxylic acids is 1. The molecular formula is C23H14F17NO5S. The van der Waals surface area contributed by atoms with Crippen LogP contribution in [-0.2, 0) is 14.5 Å². The highest BCUT2D eigenvalue weighted by Gasteiger charge is 2.95. The van der Waals surface area contributed by atoms with Gasteiger partial charge in [-0.15, -0.1) is 0 Å². The molecule has 0 aromatic heterocycles. The quantitative estimate of drug-likeness (QED) is 0.210. The molecule has 0 heterocycles. The van der Waals surface area contributed by atoms with Crippen LogP contribution in [0.25, 0.3) is 11.1 Å². The van der Waals surface area contributed by atoms with E-state index >= 15 is 0 Å². The molecule has 0 bridgehead atoms. The van der Waals surface area contributed by atoms with Gasteiger partial charge in [0.05, 0.1) is 6.61 Å². The largest absolute Gasteiger partial charge is 0.460 e. The van der Waals surface area contributed by atoms with Crippen molar-refractivity contribution in [1.29, 1.82) is 0 Å². The van der Waals surface area contributed by atoms with Crippen molar-refractivity contribution in [2.75, 3.05) is 6.61 Å². The van der Waals surface area contributed by atoms with E-state index in [2.05, 4.69) is 8.92 Å². The summed E-state index contributed by atoms with van der Waals surface area (Å²) in [7, 11) is -5.70. The van der Waals surface area contributed by atoms with Crippen LogP contribution >= 0.6 is 0 Å². The van der Waals surface area contributed by atoms with Crippen LogP contribution in [0.3, 0.4) is 0 Å². The van der Waals surface area contributed by atoms with Crippen molar-refractivity contribution in [3.8, 4) is 16.9 Å². The molecule has 2 aromatic carbocycles. The lowest BCUT2D eigenvalue weighted by Crippen LogP contribution is -2.74. The minimum atomic E-state index is -8.80. The third-order valence-electron chi connectivity index (χ3n) is 5.82. The number of halogens is 17. The molecule has 2 aromatic rings. The third kappa shape index (κ3) is 7.16. The first-order valence-electron chi connectivity index (χ1n) is 11.7. The van der Waals surface area contributed by atoms with Gasteiger partial charge >= 0.3 is 64.0 Å². The first kappa shape index (κ1) is 39.6. The first-order chi connectivity index (χ1) is 20.9. The van der Waals surface area contributed by atoms with Gasteiger partial charge in [0.1, 0.15) is 5.75 Å². The number of alkyl halides is 17. The Balaban J connectivity index is 2.15. The molecule has 0 atom stereocenters. The Hall–Kier alpha value is -3.57. The van der Waals surface area contributed by atoms with E-state index in [4.69, 9.17) is 0 Å². The summed E-state index contributed by atoms with van der Waals surface area (Å²) in [5, 5.41) is 0. The van der Waals surface area contributed by atoms with E-state index in [1.54, 1.807) is 30.3 Å². The van der Waals surface area contributed by atoms with Crippen LogP contribution in [0.15, 0.2) is 54.6 Å². The van der Waals surface area contributed by atoms with Crippen LogP contribution in [-0.4, -0.2) is 68.8 Å². The molecule has 24 heteroatoms. The normalized spacial score (nSPS) is 14.6. The van der Waals surface area contributed by atoms with E-state index in [-0.39, 0.29) is 5.75 Å². The summed E-state index contributed by atoms with van der Waals surface area (Å²) >= 11 is 0. The van der Waals surface area contributed by atoms with Crippen LogP contribution in [0.1, 0.15) is 6.42 Å². The maximum absolute atomic E-state index is 13.9. The smallest absolute Gasteiger partial charge is 0.410 e. The minimum absolute atomic E-state index is 0.373. The Morgan fingerprint density at radius 3 is 1.43 bits per heavy atom. The number of carbonyl (C=O) groups is 1. The monoisotopic (exact) mass is 739 g/mol. The number of hydrogen-bond acceptors (Lipinski definition) is 5. The molecule has 1 amide bonds. The molecule has 0 aliphatic rings. The fourth-order valence-electron chi connectivity index (χ4n) is 3.24. The summed E-state index contributed by atoms with van der Waals surface area (Å²) in [4.78, 5) is 11.8. The molecule has 0 saturated carbocycles. The number of hydrogen-bond donors (Lipinski definition) is 1. The second-order valence-corrected chi connectivity index (χ2v) is 10.4. The van der Waals surface area contributed by atoms with E-state index in [1.807, 2.05) is 0 Å². The van der Waals surface area contributed by atoms with Gasteiger partial charge in [-0.25, -0.2) is 4.79 Å². The van der Waals surface area contributed by atoms with Crippen LogP contribution in [0.5, 0.6) is 5.75 Å². The van der Waals surface area contributed by atoms with Crippen LogP contribution in [0.4, 0.5) is 79.4 Å². The van der Waals surface area contributed by atoms with Crippen LogP contribution in [0.2, 0.25) is 0 Å². The molecule has 0 aliphatic heterocycles. The van der Waals surface area contributed by atoms with Crippen molar-refractivity contribution in [2.45, 2.75) is 54.1 Å². The van der Waals surface area contributed by atoms with Gasteiger partial charge < -0.3 is 4.74 Å². The highest BCUT2D eigenvalue weighted by atomic mass is 32.2. The molecule has 0 unspecified atom stereocenters. The minimum Gasteiger partial charge on any atom is -0.410 e. The van der Waals surface area contributed by atoms with E-state index in [0.717, 1.165) is 16.9 Å². The Labute approximate surface area is 250 Å². The molecule has 0 fully saturated rings. The molecule has 47 heavy (non-hydrogen) atoms. The van der Waals surface area contributed by atoms with Crippen molar-refractivity contribution in [1.82, 2.24) is 4.72 Å². The Morgan fingerprint density at radius 1 is 0.574 bits per heavy atom. The maximum atomic E-state index is 13.9. The lowest BCUT2D eigenvalue weighted by molar-refractivity contribution is -0.461. The van der Waals surface area contributed by atoms with Gasteiger partial charge in [-0.2, -0.15) is 87.8 Å². The summed E-state index contributed by atoms with van der Waals surface area (Å²) in [5.74, 6) is -58.3. The molecule has 2 rings (SSSR count). The zero-order valence-corrected chi connectivity index (χ0v) is 22.8. The average Bonchev–Trinajstić information content (AvgIpc) is 2.92. The van der Waals surface area contributed by atoms with Gasteiger partial charge in [0.2, 0.25) is 0 Å². The molecule has 6 nitrogen and oxygen atoms in total. The number of amides is 1. The van der Waals surface area contributed by atoms with Gasteiger partial charge in [0, 0.05) is 6.42 Å². The molecule has 0 aliphatic carbocycles. The summed E-state index contributed by atoms with van der Waals surface area (Å²) in [6, 6.07) is 13.3. The maximum Gasteiger partial charge on any atom is 0.460 e. The summed E-state index contributed by atoms with van der Waals surface area (Å²) < 4.78 is 258. The molecular weight excluding hydrogens is 725 g/mol. The number of rotatable bonds is 13. The molecule has 266 valence electrons. The topological polar surface area (TPSA) is 81.7 Å². The van der Waals surface area contributed by atoms with Crippen molar-refractivity contribution in [3.63, 3.8) is 0 Å². The lowest BCUT2D eigenvalue weighted by atomic mass is 9.88. The zero-order valence-electron chi connectivity index (χ0n) is 22.0. The number of benzene rings is 2. The van der Waals surface area contributed by atoms with Gasteiger partial charge in [-0.05, 0) is 23.3 Å². The third-order valence-corrected chi connectivity index (χ3v) is 6.72. The number of ether oxygens (including phenoxy) is 1. The molecule has 0 spiro atoms. The van der Waals surface area contributed by atoms with Crippen molar-refractivity contribution in [3.05, 3.63) is 54.6 Å². The average molecular weight is 739 g/mol. The molecule has 0 radical (unpaired) electrons. The van der Waals surface area contributed by atoms with E-state index in [0.29, 0.717) is 11.1 Å². The second-order valence-electron chi connectivity index (χ2n) is 9.06. The highest BCUT2D eigenvalue weighted by Crippen LogP contribution is 2.64. The predicted octanol–water partition coefficient (Wildman–Crippen LogP) is 8.10. The van der Waals surface area contributed by atoms with Crippen LogP contribution < -0.4 is 9.46 Å². The Morgan fingerprint density at radius 2 is 0.979 bits per heavy atom. The van der Waals surface area contributed by atoms with Crippen molar-refractivity contribution in [2.24, 2.45) is 0 Å². The fraction of sp³-hybridized carbons (Fsp3) is 0.435. The van der Waals surface area contributed by atoms with Gasteiger partial charge in [0.25, 0.3) is 0 Å². The van der Waals surface area contributed by atoms with E-state index in [9.17, 15) is 87.8 Å². The van der Waals surface area contributed by atoms with Crippen LogP contribution in [0, 0.1) is 0 Å². The summed E-state index contributed by atoms with van der Waals surface area (Å²) in [6.07, 6.45) is -13.0. The fourth-order valence-corrected chi connectivity index (χ4v) is 3.85. The predicted molar refractivity (Wildman–Crippen MR) is 121 cm³/mol. The SMILES string of the molecule is O=C(NS(=O)(=O)OCCC(F)(F)C(F)(F)C(F)(F)C(F)(F)C(F)(F)C(F)(F)C(F)(F)C(F)(F)F)Oc1ccc(-c2ccccc2)cc1. The highest BCUT2D eigenvalue weighted by molar-refractivity contribution is 7.85. The van der Waals surface area contributed by atoms with Crippen molar-refractivity contribution < 1.29 is 96.8 Å². The first-order valence-corrected chi connectivity index (χ1v) is 13.1. The lowest BCUT2D eigenvalue weighted by Gasteiger charge is -2.42. The zero-order chi connectivity index (χ0) is 36.7. The summed E-state index contributed by atoms with van der Waals surface area (Å²) in [6.45, 7) is -2.49. The number of nitrogens with one attached hydrogen (secondary N) is 1. The second kappa shape index (κ2) is 12.5.